The molecule has 1 heterocycles. The van der Waals surface area contributed by atoms with Gasteiger partial charge in [0.25, 0.3) is 0 Å². The van der Waals surface area contributed by atoms with Gasteiger partial charge in [0.15, 0.2) is 11.6 Å². The van der Waals surface area contributed by atoms with Gasteiger partial charge in [-0.1, -0.05) is 51.1 Å². The molecule has 0 amide bonds. The quantitative estimate of drug-likeness (QED) is 0.648. The molecule has 27 heavy (non-hydrogen) atoms. The average Bonchev–Trinajstić information content (AvgIpc) is 2.61. The van der Waals surface area contributed by atoms with E-state index in [-0.39, 0.29) is 5.41 Å². The van der Waals surface area contributed by atoms with E-state index in [1.54, 1.807) is 6.92 Å². The third-order valence-electron chi connectivity index (χ3n) is 4.52. The maximum absolute atomic E-state index is 14.4. The summed E-state index contributed by atoms with van der Waals surface area (Å²) in [6.45, 7) is 10.1. The normalized spacial score (nSPS) is 11.7. The van der Waals surface area contributed by atoms with Crippen molar-refractivity contribution in [1.29, 1.82) is 0 Å². The van der Waals surface area contributed by atoms with Crippen LogP contribution in [-0.2, 0) is 13.0 Å². The Kier molecular flexibility index (Phi) is 7.19. The first-order valence-electron chi connectivity index (χ1n) is 9.48. The summed E-state index contributed by atoms with van der Waals surface area (Å²) in [6, 6.07) is 9.98. The maximum atomic E-state index is 14.4. The van der Waals surface area contributed by atoms with Gasteiger partial charge in [-0.05, 0) is 38.4 Å². The van der Waals surface area contributed by atoms with Crippen LogP contribution in [0, 0.1) is 18.3 Å². The predicted octanol–water partition coefficient (Wildman–Crippen LogP) is 4.67. The van der Waals surface area contributed by atoms with Crippen LogP contribution in [0.4, 0.5) is 10.2 Å². The van der Waals surface area contributed by atoms with Crippen LogP contribution in [0.25, 0.3) is 0 Å². The van der Waals surface area contributed by atoms with Crippen molar-refractivity contribution in [3.05, 3.63) is 53.0 Å². The lowest BCUT2D eigenvalue weighted by molar-refractivity contribution is 0.253. The molecule has 0 saturated heterocycles. The molecule has 1 aromatic heterocycles. The van der Waals surface area contributed by atoms with Gasteiger partial charge in [0.1, 0.15) is 6.61 Å². The fourth-order valence-corrected chi connectivity index (χ4v) is 3.34. The number of nitrogens with one attached hydrogen (secondary N) is 1. The van der Waals surface area contributed by atoms with Gasteiger partial charge in [0.05, 0.1) is 0 Å². The van der Waals surface area contributed by atoms with E-state index in [9.17, 15) is 4.39 Å². The molecule has 0 fully saturated rings. The van der Waals surface area contributed by atoms with Gasteiger partial charge in [-0.3, -0.25) is 0 Å². The highest BCUT2D eigenvalue weighted by atomic mass is 19.1. The van der Waals surface area contributed by atoms with E-state index in [2.05, 4.69) is 43.1 Å². The standard InChI is InChI=1S/C22H32FN3O/c1-7-18-16(2)20(23)25-21(24-14-22(3,4)15-26(5)6)19(18)27-13-17-11-9-8-10-12-17/h8-12H,7,13-15H2,1-6H3,(H,24,25). The minimum Gasteiger partial charge on any atom is -0.485 e. The topological polar surface area (TPSA) is 37.4 Å². The van der Waals surface area contributed by atoms with E-state index in [4.69, 9.17) is 4.74 Å². The Labute approximate surface area is 162 Å². The highest BCUT2D eigenvalue weighted by molar-refractivity contribution is 5.57. The van der Waals surface area contributed by atoms with Crippen molar-refractivity contribution in [3.63, 3.8) is 0 Å². The number of pyridine rings is 1. The van der Waals surface area contributed by atoms with Crippen molar-refractivity contribution in [2.24, 2.45) is 5.41 Å². The van der Waals surface area contributed by atoms with Crippen molar-refractivity contribution in [1.82, 2.24) is 9.88 Å². The van der Waals surface area contributed by atoms with E-state index in [0.717, 1.165) is 17.7 Å². The summed E-state index contributed by atoms with van der Waals surface area (Å²) in [6.07, 6.45) is 0.686. The number of hydrogen-bond acceptors (Lipinski definition) is 4. The average molecular weight is 374 g/mol. The summed E-state index contributed by atoms with van der Waals surface area (Å²) in [5, 5.41) is 3.34. The smallest absolute Gasteiger partial charge is 0.218 e. The molecule has 0 aliphatic heterocycles. The molecular formula is C22H32FN3O. The van der Waals surface area contributed by atoms with E-state index >= 15 is 0 Å². The molecule has 0 bridgehead atoms. The summed E-state index contributed by atoms with van der Waals surface area (Å²) < 4.78 is 20.5. The molecular weight excluding hydrogens is 341 g/mol. The molecule has 1 aromatic carbocycles. The van der Waals surface area contributed by atoms with Gasteiger partial charge in [-0.25, -0.2) is 0 Å². The van der Waals surface area contributed by atoms with Gasteiger partial charge in [0, 0.05) is 24.2 Å². The Balaban J connectivity index is 2.27. The zero-order valence-corrected chi connectivity index (χ0v) is 17.4. The number of benzene rings is 1. The van der Waals surface area contributed by atoms with Crippen LogP contribution in [0.2, 0.25) is 0 Å². The van der Waals surface area contributed by atoms with E-state index in [1.807, 2.05) is 37.3 Å². The summed E-state index contributed by atoms with van der Waals surface area (Å²) in [5.74, 6) is 0.699. The van der Waals surface area contributed by atoms with Crippen LogP contribution < -0.4 is 10.1 Å². The summed E-state index contributed by atoms with van der Waals surface area (Å²) in [7, 11) is 4.10. The lowest BCUT2D eigenvalue weighted by Gasteiger charge is -2.29. The Morgan fingerprint density at radius 1 is 1.19 bits per heavy atom. The molecule has 0 spiro atoms. The molecule has 0 unspecified atom stereocenters. The molecule has 1 N–H and O–H groups in total. The highest BCUT2D eigenvalue weighted by Gasteiger charge is 2.22. The van der Waals surface area contributed by atoms with Crippen molar-refractivity contribution in [2.45, 2.75) is 40.7 Å². The van der Waals surface area contributed by atoms with Gasteiger partial charge in [0.2, 0.25) is 5.95 Å². The minimum absolute atomic E-state index is 0.00954. The fraction of sp³-hybridized carbons (Fsp3) is 0.500. The van der Waals surface area contributed by atoms with Gasteiger partial charge < -0.3 is 15.0 Å². The molecule has 0 saturated carbocycles. The van der Waals surface area contributed by atoms with Crippen LogP contribution in [-0.4, -0.2) is 37.1 Å². The first-order valence-corrected chi connectivity index (χ1v) is 9.48. The number of halogens is 1. The lowest BCUT2D eigenvalue weighted by Crippen LogP contribution is -2.34. The zero-order chi connectivity index (χ0) is 20.0. The molecule has 0 radical (unpaired) electrons. The third kappa shape index (κ3) is 5.93. The molecule has 0 aliphatic carbocycles. The molecule has 0 atom stereocenters. The summed E-state index contributed by atoms with van der Waals surface area (Å²) in [4.78, 5) is 6.31. The fourth-order valence-electron chi connectivity index (χ4n) is 3.34. The van der Waals surface area contributed by atoms with Crippen LogP contribution in [0.15, 0.2) is 30.3 Å². The van der Waals surface area contributed by atoms with Crippen molar-refractivity contribution >= 4 is 5.82 Å². The number of aromatic nitrogens is 1. The van der Waals surface area contributed by atoms with Gasteiger partial charge in [-0.15, -0.1) is 0 Å². The number of hydrogen-bond donors (Lipinski definition) is 1. The predicted molar refractivity (Wildman–Crippen MR) is 110 cm³/mol. The van der Waals surface area contributed by atoms with Crippen LogP contribution in [0.3, 0.4) is 0 Å². The first kappa shape index (κ1) is 21.2. The second-order valence-corrected chi connectivity index (χ2v) is 8.07. The molecule has 2 aromatic rings. The monoisotopic (exact) mass is 373 g/mol. The first-order chi connectivity index (χ1) is 12.7. The van der Waals surface area contributed by atoms with Crippen molar-refractivity contribution in [3.8, 4) is 5.75 Å². The number of nitrogens with zero attached hydrogens (tertiary/aromatic N) is 2. The Hall–Kier alpha value is -2.14. The SMILES string of the molecule is CCc1c(C)c(F)nc(NCC(C)(C)CN(C)C)c1OCc1ccccc1. The molecule has 0 aliphatic rings. The second kappa shape index (κ2) is 9.18. The lowest BCUT2D eigenvalue weighted by atomic mass is 9.93. The third-order valence-corrected chi connectivity index (χ3v) is 4.52. The molecule has 2 rings (SSSR count). The van der Waals surface area contributed by atoms with E-state index in [1.165, 1.54) is 0 Å². The Morgan fingerprint density at radius 2 is 1.85 bits per heavy atom. The van der Waals surface area contributed by atoms with Crippen molar-refractivity contribution < 1.29 is 9.13 Å². The molecule has 148 valence electrons. The van der Waals surface area contributed by atoms with Crippen molar-refractivity contribution in [2.75, 3.05) is 32.5 Å². The Morgan fingerprint density at radius 3 is 2.44 bits per heavy atom. The summed E-state index contributed by atoms with van der Waals surface area (Å²) in [5.41, 5.74) is 2.50. The van der Waals surface area contributed by atoms with E-state index < -0.39 is 5.95 Å². The number of anilines is 1. The second-order valence-electron chi connectivity index (χ2n) is 8.07. The summed E-state index contributed by atoms with van der Waals surface area (Å²) >= 11 is 0. The van der Waals surface area contributed by atoms with Crippen LogP contribution in [0.1, 0.15) is 37.5 Å². The minimum atomic E-state index is -0.438. The van der Waals surface area contributed by atoms with Crippen LogP contribution in [0.5, 0.6) is 5.75 Å². The maximum Gasteiger partial charge on any atom is 0.218 e. The van der Waals surface area contributed by atoms with Gasteiger partial charge >= 0.3 is 0 Å². The Bertz CT molecular complexity index is 745. The van der Waals surface area contributed by atoms with Crippen LogP contribution >= 0.6 is 0 Å². The van der Waals surface area contributed by atoms with Gasteiger partial charge in [-0.2, -0.15) is 9.37 Å². The largest absolute Gasteiger partial charge is 0.485 e. The molecule has 5 heteroatoms. The highest BCUT2D eigenvalue weighted by Crippen LogP contribution is 2.33. The number of rotatable bonds is 9. The zero-order valence-electron chi connectivity index (χ0n) is 17.4. The van der Waals surface area contributed by atoms with E-state index in [0.29, 0.717) is 36.7 Å². The molecule has 4 nitrogen and oxygen atoms in total. The number of ether oxygens (including phenoxy) is 1.